The fourth-order valence-electron chi connectivity index (χ4n) is 4.63. The van der Waals surface area contributed by atoms with Crippen LogP contribution in [0.25, 0.3) is 0 Å². The van der Waals surface area contributed by atoms with Gasteiger partial charge in [-0.15, -0.1) is 0 Å². The first-order valence-electron chi connectivity index (χ1n) is 14.4. The molecule has 43 heavy (non-hydrogen) atoms. The van der Waals surface area contributed by atoms with E-state index in [0.717, 1.165) is 5.56 Å². The average Bonchev–Trinajstić information content (AvgIpc) is 3.51. The maximum Gasteiger partial charge on any atom is 0.253 e. The van der Waals surface area contributed by atoms with E-state index in [1.54, 1.807) is 26.1 Å². The van der Waals surface area contributed by atoms with Crippen molar-refractivity contribution in [3.05, 3.63) is 59.9 Å². The minimum Gasteiger partial charge on any atom is -0.367 e. The Morgan fingerprint density at radius 3 is 2.35 bits per heavy atom. The molecule has 0 aliphatic carbocycles. The van der Waals surface area contributed by atoms with E-state index in [0.29, 0.717) is 12.0 Å². The van der Waals surface area contributed by atoms with Gasteiger partial charge in [0.25, 0.3) is 5.91 Å². The number of benzene rings is 1. The van der Waals surface area contributed by atoms with E-state index in [9.17, 15) is 28.8 Å². The van der Waals surface area contributed by atoms with Gasteiger partial charge < -0.3 is 36.5 Å². The molecular weight excluding hydrogens is 554 g/mol. The molecule has 13 heteroatoms. The molecule has 6 amide bonds. The predicted octanol–water partition coefficient (Wildman–Crippen LogP) is -0.145. The van der Waals surface area contributed by atoms with E-state index in [4.69, 9.17) is 0 Å². The smallest absolute Gasteiger partial charge is 0.253 e. The second-order valence-electron chi connectivity index (χ2n) is 11.0. The summed E-state index contributed by atoms with van der Waals surface area (Å²) in [5, 5.41) is 13.5. The van der Waals surface area contributed by atoms with Crippen molar-refractivity contribution in [2.24, 2.45) is 5.92 Å². The lowest BCUT2D eigenvalue weighted by Crippen LogP contribution is -2.59. The first-order chi connectivity index (χ1) is 20.5. The van der Waals surface area contributed by atoms with E-state index in [2.05, 4.69) is 31.6 Å². The zero-order valence-corrected chi connectivity index (χ0v) is 24.9. The minimum atomic E-state index is -1.05. The molecule has 1 fully saturated rings. The summed E-state index contributed by atoms with van der Waals surface area (Å²) in [4.78, 5) is 82.6. The third kappa shape index (κ3) is 9.69. The monoisotopic (exact) mass is 595 g/mol. The quantitative estimate of drug-likeness (QED) is 0.280. The Kier molecular flexibility index (Phi) is 11.8. The first kappa shape index (κ1) is 32.8. The van der Waals surface area contributed by atoms with Crippen molar-refractivity contribution in [2.75, 3.05) is 20.1 Å². The summed E-state index contributed by atoms with van der Waals surface area (Å²) in [6.07, 6.45) is 3.75. The second-order valence-corrected chi connectivity index (χ2v) is 11.0. The maximum absolute atomic E-state index is 13.4. The highest BCUT2D eigenvalue weighted by Gasteiger charge is 2.32. The largest absolute Gasteiger partial charge is 0.367 e. The van der Waals surface area contributed by atoms with Crippen LogP contribution in [0.15, 0.2) is 48.8 Å². The Balaban J connectivity index is 1.84. The maximum atomic E-state index is 13.4. The van der Waals surface area contributed by atoms with Crippen LogP contribution in [0.3, 0.4) is 0 Å². The van der Waals surface area contributed by atoms with Crippen LogP contribution in [0.4, 0.5) is 0 Å². The van der Waals surface area contributed by atoms with Crippen molar-refractivity contribution in [3.8, 4) is 0 Å². The number of carbonyl (C=O) groups excluding carboxylic acids is 6. The fraction of sp³-hybridized carbons (Fsp3) is 0.467. The van der Waals surface area contributed by atoms with Gasteiger partial charge in [0, 0.05) is 32.4 Å². The zero-order chi connectivity index (χ0) is 31.5. The van der Waals surface area contributed by atoms with Gasteiger partial charge in [-0.25, -0.2) is 0 Å². The lowest BCUT2D eigenvalue weighted by Gasteiger charge is -2.28. The summed E-state index contributed by atoms with van der Waals surface area (Å²) in [6.45, 7) is 4.89. The molecule has 2 heterocycles. The third-order valence-corrected chi connectivity index (χ3v) is 7.13. The van der Waals surface area contributed by atoms with Crippen molar-refractivity contribution in [2.45, 2.75) is 64.2 Å². The average molecular weight is 596 g/mol. The number of hydrogen-bond donors (Lipinski definition) is 6. The molecule has 232 valence electrons. The van der Waals surface area contributed by atoms with Gasteiger partial charge in [-0.1, -0.05) is 44.2 Å². The van der Waals surface area contributed by atoms with Crippen molar-refractivity contribution in [1.82, 2.24) is 36.5 Å². The van der Waals surface area contributed by atoms with Gasteiger partial charge in [0.1, 0.15) is 24.2 Å². The number of aromatic amines is 1. The van der Waals surface area contributed by atoms with E-state index in [1.807, 2.05) is 30.3 Å². The highest BCUT2D eigenvalue weighted by molar-refractivity contribution is 5.99. The van der Waals surface area contributed by atoms with Gasteiger partial charge in [0.15, 0.2) is 0 Å². The molecule has 4 atom stereocenters. The van der Waals surface area contributed by atoms with Crippen LogP contribution in [0, 0.1) is 5.92 Å². The molecule has 1 aliphatic rings. The summed E-state index contributed by atoms with van der Waals surface area (Å²) < 4.78 is 0. The fourth-order valence-corrected chi connectivity index (χ4v) is 4.63. The number of nitrogens with zero attached hydrogens (tertiary/aromatic N) is 1. The van der Waals surface area contributed by atoms with Crippen LogP contribution in [0.2, 0.25) is 0 Å². The van der Waals surface area contributed by atoms with Crippen molar-refractivity contribution < 1.29 is 28.8 Å². The number of likely N-dealkylation sites (N-methyl/N-ethyl adjacent to an activating group) is 1. The van der Waals surface area contributed by atoms with Gasteiger partial charge in [0.05, 0.1) is 12.1 Å². The zero-order valence-electron chi connectivity index (χ0n) is 24.9. The Bertz CT molecular complexity index is 1280. The summed E-state index contributed by atoms with van der Waals surface area (Å²) in [5.41, 5.74) is 1.13. The second kappa shape index (κ2) is 15.5. The lowest BCUT2D eigenvalue weighted by molar-refractivity contribution is -0.139. The van der Waals surface area contributed by atoms with Crippen LogP contribution in [-0.4, -0.2) is 89.6 Å². The van der Waals surface area contributed by atoms with E-state index >= 15 is 0 Å². The van der Waals surface area contributed by atoms with Crippen LogP contribution < -0.4 is 26.6 Å². The van der Waals surface area contributed by atoms with Crippen LogP contribution in [0.1, 0.15) is 49.5 Å². The summed E-state index contributed by atoms with van der Waals surface area (Å²) in [7, 11) is 1.47. The van der Waals surface area contributed by atoms with Gasteiger partial charge >= 0.3 is 0 Å². The molecule has 0 unspecified atom stereocenters. The molecule has 1 aromatic heterocycles. The van der Waals surface area contributed by atoms with Gasteiger partial charge in [-0.3, -0.25) is 28.8 Å². The van der Waals surface area contributed by atoms with Crippen molar-refractivity contribution in [3.63, 3.8) is 0 Å². The SMILES string of the molecule is CC(C)[C@H]1NC(=O)[C@@H](NC(=O)c2cc[nH]c2)CCCNC(=O)CN(C)C(=O)[C@H](Cc2ccccc2)NC(=O)[C@@H](C)NC1=O. The molecule has 13 nitrogen and oxygen atoms in total. The third-order valence-electron chi connectivity index (χ3n) is 7.13. The number of aromatic nitrogens is 1. The number of nitrogens with one attached hydrogen (secondary N) is 6. The van der Waals surface area contributed by atoms with Gasteiger partial charge in [-0.2, -0.15) is 0 Å². The molecular formula is C30H41N7O6. The Morgan fingerprint density at radius 1 is 0.977 bits per heavy atom. The summed E-state index contributed by atoms with van der Waals surface area (Å²) >= 11 is 0. The summed E-state index contributed by atoms with van der Waals surface area (Å²) in [5.74, 6) is -3.48. The molecule has 1 saturated heterocycles. The molecule has 0 spiro atoms. The van der Waals surface area contributed by atoms with Gasteiger partial charge in [-0.05, 0) is 37.3 Å². The normalized spacial score (nSPS) is 23.4. The Hall–Kier alpha value is -4.68. The standard InChI is InChI=1S/C30H41N7O6/c1-18(2)25-29(42)33-19(3)26(39)35-23(15-20-9-6-5-7-10-20)30(43)37(4)17-24(38)32-13-8-11-22(28(41)36-25)34-27(40)21-12-14-31-16-21/h5-7,9-10,12,14,16,18-19,22-23,25,31H,8,11,13,15,17H2,1-4H3,(H,32,38)(H,33,42)(H,34,40)(H,35,39)(H,36,41)/t19-,22+,23+,25-/m1/s1. The minimum absolute atomic E-state index is 0.168. The lowest BCUT2D eigenvalue weighted by atomic mass is 10.0. The molecule has 0 radical (unpaired) electrons. The van der Waals surface area contributed by atoms with E-state index in [-0.39, 0.29) is 31.8 Å². The van der Waals surface area contributed by atoms with Crippen LogP contribution in [0.5, 0.6) is 0 Å². The highest BCUT2D eigenvalue weighted by atomic mass is 16.2. The molecule has 0 saturated carbocycles. The molecule has 1 aliphatic heterocycles. The van der Waals surface area contributed by atoms with E-state index < -0.39 is 59.6 Å². The number of hydrogen-bond acceptors (Lipinski definition) is 6. The number of H-pyrrole nitrogens is 1. The van der Waals surface area contributed by atoms with Crippen LogP contribution in [-0.2, 0) is 30.4 Å². The van der Waals surface area contributed by atoms with Crippen molar-refractivity contribution in [1.29, 1.82) is 0 Å². The van der Waals surface area contributed by atoms with Crippen LogP contribution >= 0.6 is 0 Å². The predicted molar refractivity (Wildman–Crippen MR) is 158 cm³/mol. The first-order valence-corrected chi connectivity index (χ1v) is 14.4. The molecule has 6 N–H and O–H groups in total. The summed E-state index contributed by atoms with van der Waals surface area (Å²) in [6, 6.07) is 6.64. The Morgan fingerprint density at radius 2 is 1.70 bits per heavy atom. The Labute approximate surface area is 250 Å². The number of carbonyl (C=O) groups is 6. The topological polar surface area (TPSA) is 182 Å². The molecule has 0 bridgehead atoms. The van der Waals surface area contributed by atoms with E-state index in [1.165, 1.54) is 25.1 Å². The molecule has 2 aromatic rings. The number of amides is 6. The highest BCUT2D eigenvalue weighted by Crippen LogP contribution is 2.09. The van der Waals surface area contributed by atoms with Crippen molar-refractivity contribution >= 4 is 35.4 Å². The molecule has 3 rings (SSSR count). The number of rotatable bonds is 5. The van der Waals surface area contributed by atoms with Gasteiger partial charge in [0.2, 0.25) is 29.5 Å². The molecule has 1 aromatic carbocycles.